The van der Waals surface area contributed by atoms with Gasteiger partial charge in [-0.2, -0.15) is 0 Å². The number of aryl methyl sites for hydroxylation is 1. The molecule has 0 radical (unpaired) electrons. The second-order valence-corrected chi connectivity index (χ2v) is 4.59. The molecule has 92 valence electrons. The average Bonchev–Trinajstić information content (AvgIpc) is 2.37. The molecule has 1 aromatic heterocycles. The number of nitrogens with zero attached hydrogens (tertiary/aromatic N) is 2. The third-order valence-corrected chi connectivity index (χ3v) is 3.19. The van der Waals surface area contributed by atoms with Gasteiger partial charge in [0.1, 0.15) is 0 Å². The average molecular weight is 231 g/mol. The number of rotatable bonds is 4. The molecule has 0 spiro atoms. The number of nitrogens with two attached hydrogens (primary N) is 1. The molecule has 0 unspecified atom stereocenters. The SMILES string of the molecule is Cc1cccc(C2=CCN(CCCN)CC2)n1. The summed E-state index contributed by atoms with van der Waals surface area (Å²) in [5, 5.41) is 0. The van der Waals surface area contributed by atoms with Crippen LogP contribution in [0, 0.1) is 6.92 Å². The summed E-state index contributed by atoms with van der Waals surface area (Å²) in [6.45, 7) is 6.10. The Bertz CT molecular complexity index is 398. The zero-order chi connectivity index (χ0) is 12.1. The maximum atomic E-state index is 5.53. The molecule has 0 aliphatic carbocycles. The molecule has 0 bridgehead atoms. The monoisotopic (exact) mass is 231 g/mol. The first kappa shape index (κ1) is 12.3. The van der Waals surface area contributed by atoms with E-state index in [1.807, 2.05) is 13.0 Å². The third kappa shape index (κ3) is 3.38. The fourth-order valence-corrected chi connectivity index (χ4v) is 2.18. The fraction of sp³-hybridized carbons (Fsp3) is 0.500. The zero-order valence-electron chi connectivity index (χ0n) is 10.5. The first-order chi connectivity index (χ1) is 8.29. The molecule has 2 rings (SSSR count). The van der Waals surface area contributed by atoms with E-state index < -0.39 is 0 Å². The lowest BCUT2D eigenvalue weighted by Crippen LogP contribution is -2.30. The van der Waals surface area contributed by atoms with Gasteiger partial charge in [0.25, 0.3) is 0 Å². The molecule has 0 fully saturated rings. The number of hydrogen-bond acceptors (Lipinski definition) is 3. The molecule has 2 heterocycles. The summed E-state index contributed by atoms with van der Waals surface area (Å²) in [6.07, 6.45) is 4.49. The Morgan fingerprint density at radius 1 is 1.41 bits per heavy atom. The maximum Gasteiger partial charge on any atom is 0.0662 e. The summed E-state index contributed by atoms with van der Waals surface area (Å²) >= 11 is 0. The van der Waals surface area contributed by atoms with Crippen LogP contribution in [0.5, 0.6) is 0 Å². The molecule has 3 nitrogen and oxygen atoms in total. The van der Waals surface area contributed by atoms with Gasteiger partial charge < -0.3 is 5.73 Å². The van der Waals surface area contributed by atoms with E-state index in [1.165, 1.54) is 5.57 Å². The molecule has 0 aromatic carbocycles. The van der Waals surface area contributed by atoms with Crippen molar-refractivity contribution in [2.45, 2.75) is 19.8 Å². The van der Waals surface area contributed by atoms with Gasteiger partial charge in [0, 0.05) is 18.8 Å². The van der Waals surface area contributed by atoms with Crippen LogP contribution in [0.15, 0.2) is 24.3 Å². The summed E-state index contributed by atoms with van der Waals surface area (Å²) in [4.78, 5) is 7.03. The quantitative estimate of drug-likeness (QED) is 0.859. The Balaban J connectivity index is 1.98. The highest BCUT2D eigenvalue weighted by atomic mass is 15.1. The molecule has 3 heteroatoms. The molecule has 2 N–H and O–H groups in total. The zero-order valence-corrected chi connectivity index (χ0v) is 10.5. The van der Waals surface area contributed by atoms with Gasteiger partial charge in [-0.05, 0) is 50.6 Å². The molecule has 0 amide bonds. The van der Waals surface area contributed by atoms with Gasteiger partial charge >= 0.3 is 0 Å². The van der Waals surface area contributed by atoms with Crippen molar-refractivity contribution in [3.8, 4) is 0 Å². The predicted octanol–water partition coefficient (Wildman–Crippen LogP) is 1.83. The van der Waals surface area contributed by atoms with Crippen LogP contribution in [0.2, 0.25) is 0 Å². The van der Waals surface area contributed by atoms with Crippen molar-refractivity contribution in [2.75, 3.05) is 26.2 Å². The van der Waals surface area contributed by atoms with Crippen molar-refractivity contribution < 1.29 is 0 Å². The Morgan fingerprint density at radius 2 is 2.29 bits per heavy atom. The summed E-state index contributed by atoms with van der Waals surface area (Å²) < 4.78 is 0. The van der Waals surface area contributed by atoms with Crippen LogP contribution >= 0.6 is 0 Å². The second-order valence-electron chi connectivity index (χ2n) is 4.59. The molecule has 1 aromatic rings. The first-order valence-corrected chi connectivity index (χ1v) is 6.35. The van der Waals surface area contributed by atoms with E-state index in [9.17, 15) is 0 Å². The van der Waals surface area contributed by atoms with Gasteiger partial charge in [-0.1, -0.05) is 12.1 Å². The van der Waals surface area contributed by atoms with Crippen molar-refractivity contribution in [3.63, 3.8) is 0 Å². The van der Waals surface area contributed by atoms with Crippen molar-refractivity contribution >= 4 is 5.57 Å². The Hall–Kier alpha value is -1.19. The van der Waals surface area contributed by atoms with E-state index in [4.69, 9.17) is 5.73 Å². The first-order valence-electron chi connectivity index (χ1n) is 6.35. The van der Waals surface area contributed by atoms with Gasteiger partial charge in [-0.25, -0.2) is 0 Å². The highest BCUT2D eigenvalue weighted by Crippen LogP contribution is 2.20. The smallest absolute Gasteiger partial charge is 0.0662 e. The van der Waals surface area contributed by atoms with Crippen molar-refractivity contribution in [2.24, 2.45) is 5.73 Å². The molecule has 0 saturated heterocycles. The van der Waals surface area contributed by atoms with Crippen LogP contribution in [-0.4, -0.2) is 36.1 Å². The van der Waals surface area contributed by atoms with Gasteiger partial charge in [0.05, 0.1) is 5.69 Å². The largest absolute Gasteiger partial charge is 0.330 e. The number of aromatic nitrogens is 1. The minimum Gasteiger partial charge on any atom is -0.330 e. The normalized spacial score (nSPS) is 16.9. The molecule has 1 aliphatic rings. The van der Waals surface area contributed by atoms with E-state index in [0.717, 1.165) is 50.4 Å². The topological polar surface area (TPSA) is 42.1 Å². The summed E-state index contributed by atoms with van der Waals surface area (Å²) in [5.74, 6) is 0. The number of hydrogen-bond donors (Lipinski definition) is 1. The maximum absolute atomic E-state index is 5.53. The predicted molar refractivity (Wildman–Crippen MR) is 71.7 cm³/mol. The van der Waals surface area contributed by atoms with E-state index in [1.54, 1.807) is 0 Å². The minimum atomic E-state index is 0.784. The Kier molecular flexibility index (Phi) is 4.29. The van der Waals surface area contributed by atoms with E-state index in [0.29, 0.717) is 0 Å². The minimum absolute atomic E-state index is 0.784. The van der Waals surface area contributed by atoms with Crippen molar-refractivity contribution in [1.29, 1.82) is 0 Å². The van der Waals surface area contributed by atoms with E-state index in [-0.39, 0.29) is 0 Å². The summed E-state index contributed by atoms with van der Waals surface area (Å²) in [5.41, 5.74) is 9.15. The lowest BCUT2D eigenvalue weighted by atomic mass is 10.0. The van der Waals surface area contributed by atoms with Gasteiger partial charge in [0.15, 0.2) is 0 Å². The molecule has 1 aliphatic heterocycles. The fourth-order valence-electron chi connectivity index (χ4n) is 2.18. The van der Waals surface area contributed by atoms with Crippen molar-refractivity contribution in [3.05, 3.63) is 35.7 Å². The van der Waals surface area contributed by atoms with E-state index >= 15 is 0 Å². The lowest BCUT2D eigenvalue weighted by molar-refractivity contribution is 0.299. The van der Waals surface area contributed by atoms with Gasteiger partial charge in [-0.15, -0.1) is 0 Å². The molecule has 17 heavy (non-hydrogen) atoms. The van der Waals surface area contributed by atoms with Crippen LogP contribution < -0.4 is 5.73 Å². The third-order valence-electron chi connectivity index (χ3n) is 3.19. The lowest BCUT2D eigenvalue weighted by Gasteiger charge is -2.25. The highest BCUT2D eigenvalue weighted by molar-refractivity contribution is 5.63. The second kappa shape index (κ2) is 5.94. The highest BCUT2D eigenvalue weighted by Gasteiger charge is 2.12. The summed E-state index contributed by atoms with van der Waals surface area (Å²) in [7, 11) is 0. The van der Waals surface area contributed by atoms with Crippen LogP contribution in [0.25, 0.3) is 5.57 Å². The van der Waals surface area contributed by atoms with Crippen LogP contribution in [0.4, 0.5) is 0 Å². The van der Waals surface area contributed by atoms with Crippen LogP contribution in [-0.2, 0) is 0 Å². The van der Waals surface area contributed by atoms with Crippen molar-refractivity contribution in [1.82, 2.24) is 9.88 Å². The molecular weight excluding hydrogens is 210 g/mol. The summed E-state index contributed by atoms with van der Waals surface area (Å²) in [6, 6.07) is 6.23. The number of pyridine rings is 1. The Labute approximate surface area is 103 Å². The van der Waals surface area contributed by atoms with Crippen LogP contribution in [0.1, 0.15) is 24.2 Å². The van der Waals surface area contributed by atoms with Gasteiger partial charge in [0.2, 0.25) is 0 Å². The molecule has 0 saturated carbocycles. The van der Waals surface area contributed by atoms with E-state index in [2.05, 4.69) is 28.1 Å². The molecular formula is C14H21N3. The van der Waals surface area contributed by atoms with Crippen LogP contribution in [0.3, 0.4) is 0 Å². The van der Waals surface area contributed by atoms with Gasteiger partial charge in [-0.3, -0.25) is 9.88 Å². The standard InChI is InChI=1S/C14H21N3/c1-12-4-2-5-14(16-12)13-6-10-17(11-7-13)9-3-8-15/h2,4-6H,3,7-11,15H2,1H3. The Morgan fingerprint density at radius 3 is 2.94 bits per heavy atom. The molecule has 0 atom stereocenters.